The Morgan fingerprint density at radius 1 is 1.22 bits per heavy atom. The van der Waals surface area contributed by atoms with Crippen LogP contribution in [0.4, 0.5) is 5.13 Å². The molecule has 0 N–H and O–H groups in total. The van der Waals surface area contributed by atoms with E-state index in [-0.39, 0.29) is 5.91 Å². The lowest BCUT2D eigenvalue weighted by Crippen LogP contribution is -2.32. The SMILES string of the molecule is Cc1ccc2sc(N(Cc3cccnc3)C(=O)c3nccn3C)nc2c1C. The first kappa shape index (κ1) is 17.4. The van der Waals surface area contributed by atoms with Crippen molar-refractivity contribution in [2.45, 2.75) is 20.4 Å². The molecule has 4 rings (SSSR count). The number of pyridine rings is 1. The van der Waals surface area contributed by atoms with Gasteiger partial charge in [0.15, 0.2) is 11.0 Å². The van der Waals surface area contributed by atoms with Crippen molar-refractivity contribution < 1.29 is 4.79 Å². The van der Waals surface area contributed by atoms with Crippen LogP contribution in [0.3, 0.4) is 0 Å². The molecule has 1 amide bonds. The highest BCUT2D eigenvalue weighted by Crippen LogP contribution is 2.33. The summed E-state index contributed by atoms with van der Waals surface area (Å²) in [6.45, 7) is 4.52. The maximum absolute atomic E-state index is 13.2. The first-order chi connectivity index (χ1) is 13.0. The van der Waals surface area contributed by atoms with Crippen LogP contribution in [0.25, 0.3) is 10.2 Å². The van der Waals surface area contributed by atoms with Crippen LogP contribution in [0, 0.1) is 13.8 Å². The maximum atomic E-state index is 13.2. The lowest BCUT2D eigenvalue weighted by atomic mass is 10.1. The molecule has 136 valence electrons. The molecule has 3 heterocycles. The second-order valence-corrected chi connectivity index (χ2v) is 7.47. The van der Waals surface area contributed by atoms with Gasteiger partial charge in [0, 0.05) is 31.8 Å². The number of nitrogens with zero attached hydrogens (tertiary/aromatic N) is 5. The summed E-state index contributed by atoms with van der Waals surface area (Å²) in [5.41, 5.74) is 4.21. The highest BCUT2D eigenvalue weighted by Gasteiger charge is 2.25. The van der Waals surface area contributed by atoms with E-state index in [1.807, 2.05) is 19.2 Å². The third-order valence-corrected chi connectivity index (χ3v) is 5.67. The Hall–Kier alpha value is -3.06. The molecule has 0 aliphatic heterocycles. The molecule has 0 saturated heterocycles. The minimum Gasteiger partial charge on any atom is -0.330 e. The van der Waals surface area contributed by atoms with Gasteiger partial charge in [0.1, 0.15) is 0 Å². The number of aromatic nitrogens is 4. The Kier molecular flexibility index (Phi) is 4.45. The fourth-order valence-electron chi connectivity index (χ4n) is 2.92. The molecule has 6 nitrogen and oxygen atoms in total. The second kappa shape index (κ2) is 6.92. The molecule has 7 heteroatoms. The van der Waals surface area contributed by atoms with E-state index >= 15 is 0 Å². The molecular formula is C20H19N5OS. The second-order valence-electron chi connectivity index (χ2n) is 6.46. The van der Waals surface area contributed by atoms with Gasteiger partial charge in [-0.05, 0) is 42.7 Å². The molecule has 3 aromatic heterocycles. The van der Waals surface area contributed by atoms with Crippen LogP contribution in [0.15, 0.2) is 49.1 Å². The van der Waals surface area contributed by atoms with Crippen LogP contribution in [0.2, 0.25) is 0 Å². The average Bonchev–Trinajstić information content (AvgIpc) is 3.30. The number of thiazole rings is 1. The van der Waals surface area contributed by atoms with E-state index in [9.17, 15) is 4.79 Å². The number of rotatable bonds is 4. The molecule has 1 aromatic carbocycles. The van der Waals surface area contributed by atoms with Crippen molar-refractivity contribution in [3.05, 3.63) is 71.6 Å². The van der Waals surface area contributed by atoms with Crippen molar-refractivity contribution in [1.82, 2.24) is 19.5 Å². The summed E-state index contributed by atoms with van der Waals surface area (Å²) in [6.07, 6.45) is 6.88. The lowest BCUT2D eigenvalue weighted by molar-refractivity contribution is 0.0972. The molecule has 0 radical (unpaired) electrons. The van der Waals surface area contributed by atoms with Gasteiger partial charge in [-0.25, -0.2) is 9.97 Å². The summed E-state index contributed by atoms with van der Waals surface area (Å²) in [6, 6.07) is 7.97. The number of fused-ring (bicyclic) bond motifs is 1. The zero-order chi connectivity index (χ0) is 19.0. The van der Waals surface area contributed by atoms with Crippen molar-refractivity contribution in [2.75, 3.05) is 4.90 Å². The van der Waals surface area contributed by atoms with Gasteiger partial charge in [-0.15, -0.1) is 0 Å². The third kappa shape index (κ3) is 3.21. The van der Waals surface area contributed by atoms with Gasteiger partial charge in [-0.2, -0.15) is 0 Å². The predicted molar refractivity (Wildman–Crippen MR) is 107 cm³/mol. The van der Waals surface area contributed by atoms with Crippen LogP contribution in [-0.2, 0) is 13.6 Å². The van der Waals surface area contributed by atoms with Crippen molar-refractivity contribution in [3.8, 4) is 0 Å². The van der Waals surface area contributed by atoms with E-state index in [1.54, 1.807) is 34.3 Å². The Morgan fingerprint density at radius 3 is 2.78 bits per heavy atom. The summed E-state index contributed by atoms with van der Waals surface area (Å²) in [5, 5.41) is 0.663. The number of benzene rings is 1. The van der Waals surface area contributed by atoms with Gasteiger partial charge in [0.05, 0.1) is 16.8 Å². The Balaban J connectivity index is 1.81. The zero-order valence-electron chi connectivity index (χ0n) is 15.4. The van der Waals surface area contributed by atoms with E-state index in [2.05, 4.69) is 35.9 Å². The first-order valence-corrected chi connectivity index (χ1v) is 9.41. The fraction of sp³-hybridized carbons (Fsp3) is 0.200. The minimum absolute atomic E-state index is 0.181. The first-order valence-electron chi connectivity index (χ1n) is 8.59. The molecule has 0 atom stereocenters. The molecule has 0 saturated carbocycles. The Bertz CT molecular complexity index is 1120. The van der Waals surface area contributed by atoms with Gasteiger partial charge in [0.25, 0.3) is 5.91 Å². The monoisotopic (exact) mass is 377 g/mol. The number of imidazole rings is 1. The van der Waals surface area contributed by atoms with Gasteiger partial charge in [-0.1, -0.05) is 23.5 Å². The topological polar surface area (TPSA) is 63.9 Å². The molecule has 4 aromatic rings. The molecule has 0 fully saturated rings. The smallest absolute Gasteiger partial charge is 0.296 e. The van der Waals surface area contributed by atoms with E-state index in [0.717, 1.165) is 21.3 Å². The third-order valence-electron chi connectivity index (χ3n) is 4.63. The van der Waals surface area contributed by atoms with E-state index in [4.69, 9.17) is 4.98 Å². The number of aryl methyl sites for hydroxylation is 3. The van der Waals surface area contributed by atoms with Crippen molar-refractivity contribution in [3.63, 3.8) is 0 Å². The number of hydrogen-bond donors (Lipinski definition) is 0. The Labute approximate surface area is 161 Å². The van der Waals surface area contributed by atoms with Crippen molar-refractivity contribution >= 4 is 32.6 Å². The van der Waals surface area contributed by atoms with E-state index in [0.29, 0.717) is 17.5 Å². The quantitative estimate of drug-likeness (QED) is 0.541. The fourth-order valence-corrected chi connectivity index (χ4v) is 3.95. The van der Waals surface area contributed by atoms with Gasteiger partial charge in [0.2, 0.25) is 0 Å². The summed E-state index contributed by atoms with van der Waals surface area (Å²) in [4.78, 5) is 28.1. The van der Waals surface area contributed by atoms with Crippen LogP contribution in [0.5, 0.6) is 0 Å². The number of amides is 1. The highest BCUT2D eigenvalue weighted by atomic mass is 32.1. The predicted octanol–water partition coefficient (Wildman–Crippen LogP) is 3.89. The number of carbonyl (C=O) groups is 1. The average molecular weight is 377 g/mol. The van der Waals surface area contributed by atoms with E-state index in [1.165, 1.54) is 16.9 Å². The van der Waals surface area contributed by atoms with Crippen LogP contribution in [0.1, 0.15) is 27.3 Å². The van der Waals surface area contributed by atoms with Crippen LogP contribution >= 0.6 is 11.3 Å². The molecule has 0 spiro atoms. The Morgan fingerprint density at radius 2 is 2.07 bits per heavy atom. The standard InChI is InChI=1S/C20H19N5OS/c1-13-6-7-16-17(14(13)2)23-20(27-16)25(12-15-5-4-8-21-11-15)19(26)18-22-9-10-24(18)3/h4-11H,12H2,1-3H3. The normalized spacial score (nSPS) is 11.1. The van der Waals surface area contributed by atoms with Gasteiger partial charge in [-0.3, -0.25) is 14.7 Å². The summed E-state index contributed by atoms with van der Waals surface area (Å²) in [5.74, 6) is 0.200. The van der Waals surface area contributed by atoms with Gasteiger partial charge >= 0.3 is 0 Å². The molecule has 0 aliphatic rings. The molecular weight excluding hydrogens is 358 g/mol. The number of carbonyl (C=O) groups excluding carboxylic acids is 1. The zero-order valence-corrected chi connectivity index (χ0v) is 16.2. The highest BCUT2D eigenvalue weighted by molar-refractivity contribution is 7.22. The number of hydrogen-bond acceptors (Lipinski definition) is 5. The van der Waals surface area contributed by atoms with Crippen LogP contribution in [-0.4, -0.2) is 25.4 Å². The molecule has 0 aliphatic carbocycles. The van der Waals surface area contributed by atoms with Crippen LogP contribution < -0.4 is 4.90 Å². The summed E-state index contributed by atoms with van der Waals surface area (Å²) < 4.78 is 2.79. The minimum atomic E-state index is -0.181. The lowest BCUT2D eigenvalue weighted by Gasteiger charge is -2.19. The molecule has 27 heavy (non-hydrogen) atoms. The van der Waals surface area contributed by atoms with Gasteiger partial charge < -0.3 is 4.57 Å². The molecule has 0 unspecified atom stereocenters. The maximum Gasteiger partial charge on any atom is 0.296 e. The summed E-state index contributed by atoms with van der Waals surface area (Å²) >= 11 is 1.52. The van der Waals surface area contributed by atoms with Crippen molar-refractivity contribution in [1.29, 1.82) is 0 Å². The number of anilines is 1. The largest absolute Gasteiger partial charge is 0.330 e. The summed E-state index contributed by atoms with van der Waals surface area (Å²) in [7, 11) is 1.81. The van der Waals surface area contributed by atoms with Crippen molar-refractivity contribution in [2.24, 2.45) is 7.05 Å². The van der Waals surface area contributed by atoms with E-state index < -0.39 is 0 Å². The molecule has 0 bridgehead atoms.